The van der Waals surface area contributed by atoms with E-state index in [-0.39, 0.29) is 18.2 Å². The minimum Gasteiger partial charge on any atom is -0.494 e. The summed E-state index contributed by atoms with van der Waals surface area (Å²) in [6.45, 7) is 5.43. The van der Waals surface area contributed by atoms with Crippen molar-refractivity contribution >= 4 is 23.4 Å². The Balaban J connectivity index is 1.87. The van der Waals surface area contributed by atoms with Crippen LogP contribution < -0.4 is 15.8 Å². The van der Waals surface area contributed by atoms with Crippen molar-refractivity contribution in [2.45, 2.75) is 33.1 Å². The second kappa shape index (κ2) is 11.6. The van der Waals surface area contributed by atoms with E-state index < -0.39 is 5.91 Å². The van der Waals surface area contributed by atoms with Gasteiger partial charge in [-0.3, -0.25) is 14.4 Å². The number of hydrogen-bond acceptors (Lipinski definition) is 4. The van der Waals surface area contributed by atoms with Gasteiger partial charge in [-0.2, -0.15) is 0 Å². The molecule has 0 radical (unpaired) electrons. The summed E-state index contributed by atoms with van der Waals surface area (Å²) in [5, 5.41) is 2.75. The summed E-state index contributed by atoms with van der Waals surface area (Å²) >= 11 is 0. The molecule has 0 unspecified atom stereocenters. The highest BCUT2D eigenvalue weighted by molar-refractivity contribution is 5.96. The van der Waals surface area contributed by atoms with E-state index in [1.54, 1.807) is 53.4 Å². The Morgan fingerprint density at radius 2 is 1.60 bits per heavy atom. The van der Waals surface area contributed by atoms with Crippen LogP contribution in [-0.4, -0.2) is 42.3 Å². The third-order valence-corrected chi connectivity index (χ3v) is 4.60. The van der Waals surface area contributed by atoms with Crippen molar-refractivity contribution in [2.75, 3.05) is 25.0 Å². The van der Waals surface area contributed by atoms with E-state index in [0.29, 0.717) is 36.5 Å². The lowest BCUT2D eigenvalue weighted by Crippen LogP contribution is -2.33. The van der Waals surface area contributed by atoms with E-state index in [2.05, 4.69) is 12.2 Å². The number of nitrogens with two attached hydrogens (primary N) is 1. The van der Waals surface area contributed by atoms with E-state index in [1.165, 1.54) is 0 Å². The van der Waals surface area contributed by atoms with Crippen LogP contribution in [0.5, 0.6) is 5.75 Å². The highest BCUT2D eigenvalue weighted by Gasteiger charge is 2.16. The fourth-order valence-electron chi connectivity index (χ4n) is 2.79. The topological polar surface area (TPSA) is 102 Å². The van der Waals surface area contributed by atoms with Crippen molar-refractivity contribution in [3.63, 3.8) is 0 Å². The normalized spacial score (nSPS) is 10.3. The molecular weight excluding hydrogens is 382 g/mol. The van der Waals surface area contributed by atoms with Gasteiger partial charge >= 0.3 is 0 Å². The summed E-state index contributed by atoms with van der Waals surface area (Å²) in [7, 11) is 0. The van der Waals surface area contributed by atoms with Crippen molar-refractivity contribution in [3.8, 4) is 5.75 Å². The van der Waals surface area contributed by atoms with Crippen LogP contribution >= 0.6 is 0 Å². The van der Waals surface area contributed by atoms with Gasteiger partial charge in [-0.25, -0.2) is 0 Å². The Morgan fingerprint density at radius 3 is 2.17 bits per heavy atom. The minimum atomic E-state index is -0.523. The zero-order valence-electron chi connectivity index (χ0n) is 17.5. The molecule has 3 N–H and O–H groups in total. The van der Waals surface area contributed by atoms with Gasteiger partial charge in [0.1, 0.15) is 5.75 Å². The van der Waals surface area contributed by atoms with Crippen LogP contribution in [0.2, 0.25) is 0 Å². The molecule has 3 amide bonds. The quantitative estimate of drug-likeness (QED) is 0.553. The average molecular weight is 412 g/mol. The Hall–Kier alpha value is -3.35. The second-order valence-electron chi connectivity index (χ2n) is 6.85. The number of ether oxygens (including phenoxy) is 1. The van der Waals surface area contributed by atoms with E-state index in [1.807, 2.05) is 6.92 Å². The molecule has 0 aromatic heterocycles. The standard InChI is InChI=1S/C23H29N3O4/c1-3-5-16-30-20-12-8-18(9-13-20)23(29)26(4-2)15-14-21(27)25-19-10-6-17(7-11-19)22(24)28/h6-13H,3-5,14-16H2,1-2H3,(H2,24,28)(H,25,27). The van der Waals surface area contributed by atoms with Crippen LogP contribution in [0.1, 0.15) is 53.8 Å². The largest absolute Gasteiger partial charge is 0.494 e. The third-order valence-electron chi connectivity index (χ3n) is 4.60. The molecule has 0 bridgehead atoms. The number of rotatable bonds is 11. The SMILES string of the molecule is CCCCOc1ccc(C(=O)N(CC)CCC(=O)Nc2ccc(C(N)=O)cc2)cc1. The molecule has 0 saturated heterocycles. The second-order valence-corrected chi connectivity index (χ2v) is 6.85. The molecule has 7 nitrogen and oxygen atoms in total. The number of anilines is 1. The van der Waals surface area contributed by atoms with Crippen molar-refractivity contribution in [1.82, 2.24) is 4.90 Å². The van der Waals surface area contributed by atoms with Crippen LogP contribution in [0.4, 0.5) is 5.69 Å². The lowest BCUT2D eigenvalue weighted by Gasteiger charge is -2.21. The highest BCUT2D eigenvalue weighted by Crippen LogP contribution is 2.15. The summed E-state index contributed by atoms with van der Waals surface area (Å²) in [6, 6.07) is 13.4. The minimum absolute atomic E-state index is 0.129. The first-order chi connectivity index (χ1) is 14.4. The fourth-order valence-corrected chi connectivity index (χ4v) is 2.79. The van der Waals surface area contributed by atoms with Gasteiger partial charge in [0.05, 0.1) is 6.61 Å². The Kier molecular flexibility index (Phi) is 8.87. The molecule has 0 aliphatic rings. The number of primary amides is 1. The molecule has 0 saturated carbocycles. The maximum Gasteiger partial charge on any atom is 0.253 e. The molecular formula is C23H29N3O4. The molecule has 30 heavy (non-hydrogen) atoms. The van der Waals surface area contributed by atoms with Gasteiger partial charge in [-0.05, 0) is 61.9 Å². The number of nitrogens with one attached hydrogen (secondary N) is 1. The number of carbonyl (C=O) groups excluding carboxylic acids is 3. The number of hydrogen-bond donors (Lipinski definition) is 2. The number of unbranched alkanes of at least 4 members (excludes halogenated alkanes) is 1. The van der Waals surface area contributed by atoms with Gasteiger partial charge in [0.2, 0.25) is 11.8 Å². The molecule has 0 atom stereocenters. The lowest BCUT2D eigenvalue weighted by atomic mass is 10.1. The predicted octanol–water partition coefficient (Wildman–Crippen LogP) is 3.46. The van der Waals surface area contributed by atoms with E-state index >= 15 is 0 Å². The first-order valence-corrected chi connectivity index (χ1v) is 10.2. The summed E-state index contributed by atoms with van der Waals surface area (Å²) in [4.78, 5) is 37.7. The van der Waals surface area contributed by atoms with Crippen LogP contribution in [-0.2, 0) is 4.79 Å². The van der Waals surface area contributed by atoms with Crippen LogP contribution in [0.3, 0.4) is 0 Å². The van der Waals surface area contributed by atoms with Gasteiger partial charge in [-0.15, -0.1) is 0 Å². The fraction of sp³-hybridized carbons (Fsp3) is 0.348. The molecule has 0 heterocycles. The zero-order chi connectivity index (χ0) is 21.9. The van der Waals surface area contributed by atoms with E-state index in [4.69, 9.17) is 10.5 Å². The van der Waals surface area contributed by atoms with E-state index in [9.17, 15) is 14.4 Å². The van der Waals surface area contributed by atoms with Gasteiger partial charge in [0.25, 0.3) is 5.91 Å². The van der Waals surface area contributed by atoms with Crippen LogP contribution in [0.15, 0.2) is 48.5 Å². The monoisotopic (exact) mass is 411 g/mol. The number of benzene rings is 2. The molecule has 7 heteroatoms. The smallest absolute Gasteiger partial charge is 0.253 e. The Labute approximate surface area is 177 Å². The number of carbonyl (C=O) groups is 3. The van der Waals surface area contributed by atoms with E-state index in [0.717, 1.165) is 18.6 Å². The summed E-state index contributed by atoms with van der Waals surface area (Å²) < 4.78 is 5.62. The highest BCUT2D eigenvalue weighted by atomic mass is 16.5. The van der Waals surface area contributed by atoms with Gasteiger partial charge < -0.3 is 20.7 Å². The Morgan fingerprint density at radius 1 is 0.967 bits per heavy atom. The molecule has 160 valence electrons. The van der Waals surface area contributed by atoms with Crippen LogP contribution in [0.25, 0.3) is 0 Å². The van der Waals surface area contributed by atoms with Gasteiger partial charge in [0, 0.05) is 36.3 Å². The average Bonchev–Trinajstić information content (AvgIpc) is 2.75. The molecule has 0 spiro atoms. The number of amides is 3. The first kappa shape index (κ1) is 22.9. The predicted molar refractivity (Wildman–Crippen MR) is 117 cm³/mol. The molecule has 0 aliphatic carbocycles. The molecule has 2 rings (SSSR count). The summed E-state index contributed by atoms with van der Waals surface area (Å²) in [6.07, 6.45) is 2.21. The molecule has 2 aromatic carbocycles. The van der Waals surface area contributed by atoms with Crippen molar-refractivity contribution < 1.29 is 19.1 Å². The summed E-state index contributed by atoms with van der Waals surface area (Å²) in [5.74, 6) is -0.126. The zero-order valence-corrected chi connectivity index (χ0v) is 17.5. The Bertz CT molecular complexity index is 848. The lowest BCUT2D eigenvalue weighted by molar-refractivity contribution is -0.116. The summed E-state index contributed by atoms with van der Waals surface area (Å²) in [5.41, 5.74) is 6.70. The van der Waals surface area contributed by atoms with Crippen LogP contribution in [0, 0.1) is 0 Å². The maximum absolute atomic E-state index is 12.7. The first-order valence-electron chi connectivity index (χ1n) is 10.2. The molecule has 2 aromatic rings. The molecule has 0 aliphatic heterocycles. The number of nitrogens with zero attached hydrogens (tertiary/aromatic N) is 1. The van der Waals surface area contributed by atoms with Crippen molar-refractivity contribution in [3.05, 3.63) is 59.7 Å². The maximum atomic E-state index is 12.7. The van der Waals surface area contributed by atoms with Crippen molar-refractivity contribution in [1.29, 1.82) is 0 Å². The van der Waals surface area contributed by atoms with Gasteiger partial charge in [-0.1, -0.05) is 13.3 Å². The van der Waals surface area contributed by atoms with Crippen molar-refractivity contribution in [2.24, 2.45) is 5.73 Å². The third kappa shape index (κ3) is 6.92. The molecule has 0 fully saturated rings. The van der Waals surface area contributed by atoms with Gasteiger partial charge in [0.15, 0.2) is 0 Å².